The Morgan fingerprint density at radius 3 is 2.53 bits per heavy atom. The summed E-state index contributed by atoms with van der Waals surface area (Å²) in [6, 6.07) is 4.40. The maximum Gasteiger partial charge on any atom is 0.389 e. The van der Waals surface area contributed by atoms with Gasteiger partial charge in [0.2, 0.25) is 0 Å². The topological polar surface area (TPSA) is 29.5 Å². The number of methoxy groups -OCH3 is 1. The first-order valence-electron chi connectivity index (χ1n) is 4.92. The standard InChI is InChI=1S/C11H12ClF3O2/c1-17-10-3-2-7(6-8(10)12)9(16)4-5-11(13,14)15/h2-3,6,9,16H,4-5H2,1H3. The summed E-state index contributed by atoms with van der Waals surface area (Å²) in [5, 5.41) is 9.83. The zero-order chi connectivity index (χ0) is 13.1. The van der Waals surface area contributed by atoms with E-state index in [0.29, 0.717) is 11.3 Å². The van der Waals surface area contributed by atoms with Gasteiger partial charge >= 0.3 is 6.18 Å². The first-order chi connectivity index (χ1) is 7.83. The second-order valence-corrected chi connectivity index (χ2v) is 3.97. The highest BCUT2D eigenvalue weighted by atomic mass is 35.5. The van der Waals surface area contributed by atoms with Crippen molar-refractivity contribution in [2.75, 3.05) is 7.11 Å². The average Bonchev–Trinajstić information content (AvgIpc) is 2.24. The summed E-state index contributed by atoms with van der Waals surface area (Å²) < 4.78 is 40.8. The van der Waals surface area contributed by atoms with Crippen LogP contribution in [0.25, 0.3) is 0 Å². The Balaban J connectivity index is 2.69. The minimum atomic E-state index is -4.27. The van der Waals surface area contributed by atoms with Crippen LogP contribution in [0.2, 0.25) is 5.02 Å². The van der Waals surface area contributed by atoms with Gasteiger partial charge in [0.15, 0.2) is 0 Å². The summed E-state index contributed by atoms with van der Waals surface area (Å²) in [4.78, 5) is 0. The number of alkyl halides is 3. The van der Waals surface area contributed by atoms with Crippen LogP contribution in [0.3, 0.4) is 0 Å². The Morgan fingerprint density at radius 2 is 2.06 bits per heavy atom. The minimum Gasteiger partial charge on any atom is -0.495 e. The molecule has 0 amide bonds. The highest BCUT2D eigenvalue weighted by Crippen LogP contribution is 2.31. The molecule has 0 saturated carbocycles. The first kappa shape index (κ1) is 14.1. The molecule has 96 valence electrons. The van der Waals surface area contributed by atoms with E-state index in [2.05, 4.69) is 0 Å². The molecule has 0 spiro atoms. The van der Waals surface area contributed by atoms with Crippen LogP contribution in [0.15, 0.2) is 18.2 Å². The maximum atomic E-state index is 12.0. The van der Waals surface area contributed by atoms with Crippen LogP contribution in [-0.4, -0.2) is 18.4 Å². The van der Waals surface area contributed by atoms with E-state index in [0.717, 1.165) is 0 Å². The normalized spacial score (nSPS) is 13.5. The summed E-state index contributed by atoms with van der Waals surface area (Å²) in [5.41, 5.74) is 0.347. The number of halogens is 4. The van der Waals surface area contributed by atoms with Crippen LogP contribution >= 0.6 is 11.6 Å². The summed E-state index contributed by atoms with van der Waals surface area (Å²) in [6.07, 6.45) is -6.86. The quantitative estimate of drug-likeness (QED) is 0.902. The number of benzene rings is 1. The Kier molecular flexibility index (Phi) is 4.65. The lowest BCUT2D eigenvalue weighted by Gasteiger charge is -2.13. The molecule has 0 aromatic heterocycles. The predicted molar refractivity (Wildman–Crippen MR) is 58.3 cm³/mol. The first-order valence-corrected chi connectivity index (χ1v) is 5.29. The Morgan fingerprint density at radius 1 is 1.41 bits per heavy atom. The number of hydrogen-bond acceptors (Lipinski definition) is 2. The van der Waals surface area contributed by atoms with Crippen LogP contribution < -0.4 is 4.74 Å². The predicted octanol–water partition coefficient (Wildman–Crippen LogP) is 3.72. The average molecular weight is 269 g/mol. The number of aliphatic hydroxyl groups excluding tert-OH is 1. The van der Waals surface area contributed by atoms with Crippen LogP contribution in [0.4, 0.5) is 13.2 Å². The summed E-state index contributed by atoms with van der Waals surface area (Å²) in [6.45, 7) is 0. The van der Waals surface area contributed by atoms with Crippen molar-refractivity contribution < 1.29 is 23.0 Å². The van der Waals surface area contributed by atoms with E-state index < -0.39 is 18.7 Å². The molecule has 1 aromatic rings. The second-order valence-electron chi connectivity index (χ2n) is 3.56. The third kappa shape index (κ3) is 4.44. The van der Waals surface area contributed by atoms with Crippen LogP contribution in [0, 0.1) is 0 Å². The van der Waals surface area contributed by atoms with Gasteiger partial charge in [0.1, 0.15) is 5.75 Å². The summed E-state index contributed by atoms with van der Waals surface area (Å²) >= 11 is 5.81. The molecule has 1 N–H and O–H groups in total. The van der Waals surface area contributed by atoms with E-state index >= 15 is 0 Å². The molecule has 0 radical (unpaired) electrons. The van der Waals surface area contributed by atoms with E-state index in [4.69, 9.17) is 16.3 Å². The zero-order valence-corrected chi connectivity index (χ0v) is 9.85. The molecule has 1 atom stereocenters. The van der Waals surface area contributed by atoms with Crippen molar-refractivity contribution in [3.63, 3.8) is 0 Å². The van der Waals surface area contributed by atoms with Crippen molar-refractivity contribution in [3.05, 3.63) is 28.8 Å². The SMILES string of the molecule is COc1ccc(C(O)CCC(F)(F)F)cc1Cl. The molecule has 17 heavy (non-hydrogen) atoms. The molecule has 1 aromatic carbocycles. The second kappa shape index (κ2) is 5.60. The molecule has 0 heterocycles. The van der Waals surface area contributed by atoms with Crippen molar-refractivity contribution in [1.82, 2.24) is 0 Å². The molecule has 0 bridgehead atoms. The van der Waals surface area contributed by atoms with E-state index in [1.54, 1.807) is 0 Å². The van der Waals surface area contributed by atoms with Gasteiger partial charge in [-0.3, -0.25) is 0 Å². The Bertz CT molecular complexity index is 379. The molecule has 0 fully saturated rings. The van der Waals surface area contributed by atoms with Gasteiger partial charge in [-0.25, -0.2) is 0 Å². The van der Waals surface area contributed by atoms with Crippen LogP contribution in [0.5, 0.6) is 5.75 Å². The number of rotatable bonds is 4. The zero-order valence-electron chi connectivity index (χ0n) is 9.09. The Hall–Kier alpha value is -0.940. The van der Waals surface area contributed by atoms with Gasteiger partial charge in [0, 0.05) is 6.42 Å². The highest BCUT2D eigenvalue weighted by Gasteiger charge is 2.28. The molecule has 0 aliphatic rings. The monoisotopic (exact) mass is 268 g/mol. The third-order valence-corrected chi connectivity index (χ3v) is 2.56. The fraction of sp³-hybridized carbons (Fsp3) is 0.455. The molecule has 2 nitrogen and oxygen atoms in total. The van der Waals surface area contributed by atoms with Crippen molar-refractivity contribution in [2.45, 2.75) is 25.1 Å². The van der Waals surface area contributed by atoms with Gasteiger partial charge in [-0.1, -0.05) is 17.7 Å². The molecule has 0 aliphatic carbocycles. The van der Waals surface area contributed by atoms with Gasteiger partial charge in [0.25, 0.3) is 0 Å². The van der Waals surface area contributed by atoms with Crippen molar-refractivity contribution >= 4 is 11.6 Å². The number of hydrogen-bond donors (Lipinski definition) is 1. The molecular weight excluding hydrogens is 257 g/mol. The van der Waals surface area contributed by atoms with Gasteiger partial charge in [0.05, 0.1) is 18.2 Å². The van der Waals surface area contributed by atoms with E-state index in [1.807, 2.05) is 0 Å². The van der Waals surface area contributed by atoms with Crippen molar-refractivity contribution in [3.8, 4) is 5.75 Å². The molecule has 1 unspecified atom stereocenters. The third-order valence-electron chi connectivity index (χ3n) is 2.26. The van der Waals surface area contributed by atoms with Crippen LogP contribution in [-0.2, 0) is 0 Å². The largest absolute Gasteiger partial charge is 0.495 e. The summed E-state index contributed by atoms with van der Waals surface area (Å²) in [5.74, 6) is 0.415. The molecule has 0 saturated heterocycles. The van der Waals surface area contributed by atoms with E-state index in [-0.39, 0.29) is 11.4 Å². The molecule has 0 aliphatic heterocycles. The lowest BCUT2D eigenvalue weighted by Crippen LogP contribution is -2.10. The minimum absolute atomic E-state index is 0.260. The number of ether oxygens (including phenoxy) is 1. The van der Waals surface area contributed by atoms with Gasteiger partial charge in [-0.15, -0.1) is 0 Å². The lowest BCUT2D eigenvalue weighted by molar-refractivity contribution is -0.140. The van der Waals surface area contributed by atoms with Gasteiger partial charge < -0.3 is 9.84 Å². The van der Waals surface area contributed by atoms with E-state index in [1.165, 1.54) is 25.3 Å². The van der Waals surface area contributed by atoms with Crippen LogP contribution in [0.1, 0.15) is 24.5 Å². The number of aliphatic hydroxyl groups is 1. The molecule has 6 heteroatoms. The van der Waals surface area contributed by atoms with Gasteiger partial charge in [-0.05, 0) is 24.1 Å². The van der Waals surface area contributed by atoms with Crippen molar-refractivity contribution in [2.24, 2.45) is 0 Å². The van der Waals surface area contributed by atoms with Gasteiger partial charge in [-0.2, -0.15) is 13.2 Å². The molecule has 1 rings (SSSR count). The highest BCUT2D eigenvalue weighted by molar-refractivity contribution is 6.32. The summed E-state index contributed by atoms with van der Waals surface area (Å²) in [7, 11) is 1.43. The molecular formula is C11H12ClF3O2. The lowest BCUT2D eigenvalue weighted by atomic mass is 10.0. The fourth-order valence-corrected chi connectivity index (χ4v) is 1.62. The smallest absolute Gasteiger partial charge is 0.389 e. The maximum absolute atomic E-state index is 12.0. The Labute approximate surface area is 102 Å². The fourth-order valence-electron chi connectivity index (χ4n) is 1.36. The van der Waals surface area contributed by atoms with E-state index in [9.17, 15) is 18.3 Å². The van der Waals surface area contributed by atoms with Crippen molar-refractivity contribution in [1.29, 1.82) is 0 Å².